The van der Waals surface area contributed by atoms with Crippen LogP contribution in [0, 0.1) is 5.92 Å². The number of amides is 1. The Kier molecular flexibility index (Phi) is 12.7. The SMILES string of the molecule is CN(C)C1=NC(C(F)(F)F)=C[C@](N)(C2CCC(N)CC2)N1.CN(C)c1nc(NC2CCC(NC(=O)OC(C)(C)C)CC2)cc(C(F)(F)F)n1. The molecule has 0 saturated heterocycles. The number of carbonyl (C=O) groups is 1. The molecule has 7 N–H and O–H groups in total. The van der Waals surface area contributed by atoms with Gasteiger partial charge in [0.25, 0.3) is 0 Å². The number of halogens is 6. The van der Waals surface area contributed by atoms with Crippen molar-refractivity contribution in [1.29, 1.82) is 0 Å². The van der Waals surface area contributed by atoms with Crippen LogP contribution < -0.4 is 32.3 Å². The number of ether oxygens (including phenoxy) is 1. The molecule has 1 amide bonds. The van der Waals surface area contributed by atoms with E-state index in [1.54, 1.807) is 49.0 Å². The van der Waals surface area contributed by atoms with Crippen molar-refractivity contribution >= 4 is 23.8 Å². The number of hydrogen-bond acceptors (Lipinski definition) is 11. The molecule has 2 saturated carbocycles. The number of nitrogens with two attached hydrogens (primary N) is 2. The van der Waals surface area contributed by atoms with Gasteiger partial charge in [-0.25, -0.2) is 14.8 Å². The topological polar surface area (TPSA) is 159 Å². The van der Waals surface area contributed by atoms with Crippen LogP contribution in [0.15, 0.2) is 22.8 Å². The van der Waals surface area contributed by atoms with Gasteiger partial charge in [-0.1, -0.05) is 0 Å². The molecule has 1 aromatic rings. The molecule has 49 heavy (non-hydrogen) atoms. The van der Waals surface area contributed by atoms with Gasteiger partial charge < -0.3 is 42.0 Å². The molecule has 0 aromatic carbocycles. The second kappa shape index (κ2) is 15.6. The summed E-state index contributed by atoms with van der Waals surface area (Å²) >= 11 is 0. The van der Waals surface area contributed by atoms with Gasteiger partial charge in [-0.2, -0.15) is 31.3 Å². The molecule has 12 nitrogen and oxygen atoms in total. The van der Waals surface area contributed by atoms with Gasteiger partial charge in [-0.3, -0.25) is 0 Å². The molecule has 278 valence electrons. The highest BCUT2D eigenvalue weighted by Gasteiger charge is 2.44. The molecule has 1 atom stereocenters. The average molecular weight is 709 g/mol. The first-order valence-corrected chi connectivity index (χ1v) is 16.2. The van der Waals surface area contributed by atoms with Crippen molar-refractivity contribution in [3.63, 3.8) is 0 Å². The van der Waals surface area contributed by atoms with Crippen molar-refractivity contribution in [3.05, 3.63) is 23.5 Å². The molecular formula is C31H50F6N10O2. The van der Waals surface area contributed by atoms with Gasteiger partial charge in [0, 0.05) is 52.4 Å². The molecule has 1 aliphatic heterocycles. The van der Waals surface area contributed by atoms with Gasteiger partial charge >= 0.3 is 18.4 Å². The minimum atomic E-state index is -4.54. The number of anilines is 2. The Balaban J connectivity index is 0.000000276. The predicted octanol–water partition coefficient (Wildman–Crippen LogP) is 4.94. The second-order valence-corrected chi connectivity index (χ2v) is 14.2. The maximum atomic E-state index is 13.1. The third-order valence-electron chi connectivity index (χ3n) is 8.30. The first kappa shape index (κ1) is 39.9. The molecule has 0 bridgehead atoms. The average Bonchev–Trinajstić information content (AvgIpc) is 2.96. The maximum absolute atomic E-state index is 13.1. The number of guanidine groups is 1. The number of aliphatic imine (C=N–C) groups is 1. The van der Waals surface area contributed by atoms with Crippen molar-refractivity contribution in [2.45, 2.75) is 114 Å². The zero-order chi connectivity index (χ0) is 36.9. The molecule has 2 aliphatic carbocycles. The van der Waals surface area contributed by atoms with Crippen LogP contribution in [-0.2, 0) is 10.9 Å². The van der Waals surface area contributed by atoms with E-state index in [0.717, 1.165) is 25.0 Å². The van der Waals surface area contributed by atoms with E-state index in [1.807, 2.05) is 0 Å². The Morgan fingerprint density at radius 3 is 1.96 bits per heavy atom. The van der Waals surface area contributed by atoms with Crippen molar-refractivity contribution in [2.75, 3.05) is 38.4 Å². The van der Waals surface area contributed by atoms with Crippen LogP contribution >= 0.6 is 0 Å². The Hall–Kier alpha value is -3.54. The Morgan fingerprint density at radius 1 is 0.898 bits per heavy atom. The molecular weight excluding hydrogens is 658 g/mol. The van der Waals surface area contributed by atoms with Gasteiger partial charge in [0.15, 0.2) is 11.7 Å². The number of alkyl carbamates (subject to hydrolysis) is 1. The predicted molar refractivity (Wildman–Crippen MR) is 176 cm³/mol. The fourth-order valence-corrected chi connectivity index (χ4v) is 5.72. The quantitative estimate of drug-likeness (QED) is 0.266. The molecule has 0 radical (unpaired) electrons. The zero-order valence-electron chi connectivity index (χ0n) is 29.1. The lowest BCUT2D eigenvalue weighted by molar-refractivity contribution is -0.141. The standard InChI is InChI=1S/C18H28F3N5O2.C13H22F3N5/c1-17(2,3)28-16(27)23-12-8-6-11(7-9-12)22-14-10-13(18(19,20)21)24-15(25-14)26(4)5;1-21(2)11-19-10(13(14,15)16)7-12(18,20-11)8-3-5-9(17)6-4-8/h10-12H,6-9H2,1-5H3,(H,23,27)(H,22,24,25);7-9H,3-6,17-18H2,1-2H3,(H,19,20)/t;8?,9?,12-/m.1/s1. The van der Waals surface area contributed by atoms with E-state index >= 15 is 0 Å². The van der Waals surface area contributed by atoms with E-state index in [9.17, 15) is 31.1 Å². The smallest absolute Gasteiger partial charge is 0.433 e. The molecule has 2 heterocycles. The zero-order valence-corrected chi connectivity index (χ0v) is 29.1. The fourth-order valence-electron chi connectivity index (χ4n) is 5.72. The van der Waals surface area contributed by atoms with Gasteiger partial charge in [0.2, 0.25) is 5.95 Å². The monoisotopic (exact) mass is 708 g/mol. The van der Waals surface area contributed by atoms with E-state index in [1.165, 1.54) is 9.80 Å². The lowest BCUT2D eigenvalue weighted by atomic mass is 9.77. The van der Waals surface area contributed by atoms with Crippen molar-refractivity contribution in [3.8, 4) is 0 Å². The summed E-state index contributed by atoms with van der Waals surface area (Å²) in [5.74, 6) is 0.175. The third-order valence-corrected chi connectivity index (χ3v) is 8.30. The Morgan fingerprint density at radius 2 is 1.47 bits per heavy atom. The first-order valence-electron chi connectivity index (χ1n) is 16.2. The molecule has 3 aliphatic rings. The molecule has 2 fully saturated rings. The summed E-state index contributed by atoms with van der Waals surface area (Å²) in [6.45, 7) is 5.39. The van der Waals surface area contributed by atoms with Crippen LogP contribution in [0.4, 0.5) is 42.9 Å². The van der Waals surface area contributed by atoms with Crippen molar-refractivity contribution < 1.29 is 35.9 Å². The van der Waals surface area contributed by atoms with Crippen LogP contribution in [-0.4, -0.2) is 90.7 Å². The van der Waals surface area contributed by atoms with Gasteiger partial charge in [0.1, 0.15) is 22.8 Å². The number of alkyl halides is 6. The summed E-state index contributed by atoms with van der Waals surface area (Å²) in [6.07, 6.45) is -2.75. The van der Waals surface area contributed by atoms with Gasteiger partial charge in [-0.15, -0.1) is 0 Å². The van der Waals surface area contributed by atoms with E-state index in [4.69, 9.17) is 16.2 Å². The fraction of sp³-hybridized carbons (Fsp3) is 0.742. The summed E-state index contributed by atoms with van der Waals surface area (Å²) in [7, 11) is 6.43. The molecule has 18 heteroatoms. The summed E-state index contributed by atoms with van der Waals surface area (Å²) in [5, 5.41) is 8.87. The largest absolute Gasteiger partial charge is 0.444 e. The number of carbonyl (C=O) groups excluding carboxylic acids is 1. The van der Waals surface area contributed by atoms with Crippen molar-refractivity contribution in [2.24, 2.45) is 22.4 Å². The highest BCUT2D eigenvalue weighted by molar-refractivity contribution is 5.83. The number of hydrogen-bond donors (Lipinski definition) is 5. The Bertz CT molecular complexity index is 1330. The van der Waals surface area contributed by atoms with Crippen LogP contribution in [0.1, 0.15) is 77.8 Å². The van der Waals surface area contributed by atoms with Gasteiger partial charge in [0.05, 0.1) is 0 Å². The molecule has 0 unspecified atom stereocenters. The molecule has 1 aromatic heterocycles. The van der Waals surface area contributed by atoms with E-state index in [2.05, 4.69) is 30.9 Å². The number of allylic oxidation sites excluding steroid dienone is 1. The lowest BCUT2D eigenvalue weighted by Gasteiger charge is -2.43. The summed E-state index contributed by atoms with van der Waals surface area (Å²) in [4.78, 5) is 26.1. The maximum Gasteiger partial charge on any atom is 0.433 e. The van der Waals surface area contributed by atoms with Gasteiger partial charge in [-0.05, 0) is 84.1 Å². The van der Waals surface area contributed by atoms with Crippen LogP contribution in [0.2, 0.25) is 0 Å². The van der Waals surface area contributed by atoms with E-state index in [0.29, 0.717) is 38.5 Å². The summed E-state index contributed by atoms with van der Waals surface area (Å²) in [5.41, 5.74) is 8.39. The number of nitrogens with one attached hydrogen (secondary N) is 3. The van der Waals surface area contributed by atoms with E-state index in [-0.39, 0.29) is 41.8 Å². The van der Waals surface area contributed by atoms with Crippen molar-refractivity contribution in [1.82, 2.24) is 25.5 Å². The summed E-state index contributed by atoms with van der Waals surface area (Å²) < 4.78 is 83.7. The minimum absolute atomic E-state index is 0.00222. The molecule has 0 spiro atoms. The molecule has 4 rings (SSSR count). The Labute approximate surface area is 283 Å². The normalized spacial score (nSPS) is 26.2. The minimum Gasteiger partial charge on any atom is -0.444 e. The number of nitrogens with zero attached hydrogens (tertiary/aromatic N) is 5. The van der Waals surface area contributed by atoms with Crippen LogP contribution in [0.3, 0.4) is 0 Å². The second-order valence-electron chi connectivity index (χ2n) is 14.2. The van der Waals surface area contributed by atoms with Crippen LogP contribution in [0.5, 0.6) is 0 Å². The van der Waals surface area contributed by atoms with E-state index < -0.39 is 41.1 Å². The summed E-state index contributed by atoms with van der Waals surface area (Å²) in [6, 6.07) is 1.00. The highest BCUT2D eigenvalue weighted by atomic mass is 19.4. The first-order chi connectivity index (χ1) is 22.4. The number of rotatable bonds is 5. The number of aromatic nitrogens is 2. The van der Waals surface area contributed by atoms with Crippen LogP contribution in [0.25, 0.3) is 0 Å². The lowest BCUT2D eigenvalue weighted by Crippen LogP contribution is -2.64. The third kappa shape index (κ3) is 12.1. The highest BCUT2D eigenvalue weighted by Crippen LogP contribution is 2.37.